The molecule has 0 aliphatic heterocycles. The zero-order valence-corrected chi connectivity index (χ0v) is 17.0. The number of ether oxygens (including phenoxy) is 1. The number of hydrogen-bond donors (Lipinski definition) is 0. The highest BCUT2D eigenvalue weighted by atomic mass is 32.2. The van der Waals surface area contributed by atoms with Gasteiger partial charge in [0.05, 0.1) is 17.6 Å². The molecule has 164 valence electrons. The number of rotatable bonds is 5. The minimum Gasteiger partial charge on any atom is -0.496 e. The Labute approximate surface area is 175 Å². The molecule has 0 atom stereocenters. The molecule has 4 rings (SSSR count). The van der Waals surface area contributed by atoms with E-state index in [0.29, 0.717) is 22.3 Å². The van der Waals surface area contributed by atoms with Gasteiger partial charge in [-0.3, -0.25) is 0 Å². The molecule has 0 bridgehead atoms. The monoisotopic (exact) mass is 456 g/mol. The van der Waals surface area contributed by atoms with Crippen molar-refractivity contribution in [3.8, 4) is 5.75 Å². The lowest BCUT2D eigenvalue weighted by Gasteiger charge is -2.16. The molecule has 0 N–H and O–H groups in total. The predicted molar refractivity (Wildman–Crippen MR) is 105 cm³/mol. The summed E-state index contributed by atoms with van der Waals surface area (Å²) in [4.78, 5) is -0.514. The van der Waals surface area contributed by atoms with Crippen molar-refractivity contribution in [2.75, 3.05) is 7.11 Å². The molecule has 2 aromatic rings. The van der Waals surface area contributed by atoms with Crippen molar-refractivity contribution in [3.05, 3.63) is 71.3 Å². The summed E-state index contributed by atoms with van der Waals surface area (Å²) in [7, 11) is -3.56. The number of sulfone groups is 1. The quantitative estimate of drug-likeness (QED) is 0.521. The van der Waals surface area contributed by atoms with E-state index in [9.17, 15) is 30.4 Å². The molecule has 0 unspecified atom stereocenters. The number of benzene rings is 2. The van der Waals surface area contributed by atoms with Crippen molar-refractivity contribution < 1.29 is 35.1 Å². The molecule has 3 nitrogen and oxygen atoms in total. The van der Waals surface area contributed by atoms with Crippen LogP contribution in [-0.2, 0) is 16.0 Å². The lowest BCUT2D eigenvalue weighted by molar-refractivity contribution is -0.138. The van der Waals surface area contributed by atoms with E-state index in [-0.39, 0.29) is 11.2 Å². The van der Waals surface area contributed by atoms with E-state index in [0.717, 1.165) is 31.0 Å². The summed E-state index contributed by atoms with van der Waals surface area (Å²) in [5.74, 6) is -3.82. The van der Waals surface area contributed by atoms with Gasteiger partial charge in [-0.05, 0) is 59.4 Å². The standard InChI is InChI=1S/C22H17F5O3S/c1-30-19-7-4-14(10-18(19)22(25,26)27)17-12-21(8-9-21)11-16(17)13-2-5-15(6-3-13)31(28,29)20(23)24/h2-7,10-12,20H,8-9H2,1H3. The highest BCUT2D eigenvalue weighted by Gasteiger charge is 2.44. The second-order valence-electron chi connectivity index (χ2n) is 7.59. The van der Waals surface area contributed by atoms with E-state index < -0.39 is 32.2 Å². The Kier molecular flexibility index (Phi) is 4.99. The summed E-state index contributed by atoms with van der Waals surface area (Å²) in [5.41, 5.74) is 0.950. The van der Waals surface area contributed by atoms with Crippen LogP contribution in [0.3, 0.4) is 0 Å². The molecule has 1 fully saturated rings. The smallest absolute Gasteiger partial charge is 0.419 e. The fourth-order valence-corrected chi connectivity index (χ4v) is 4.43. The fourth-order valence-electron chi connectivity index (χ4n) is 3.71. The average Bonchev–Trinajstić information content (AvgIpc) is 3.37. The minimum atomic E-state index is -4.73. The van der Waals surface area contributed by atoms with Gasteiger partial charge >= 0.3 is 11.9 Å². The first-order valence-electron chi connectivity index (χ1n) is 9.31. The maximum absolute atomic E-state index is 13.5. The third-order valence-corrected chi connectivity index (χ3v) is 6.92. The number of hydrogen-bond acceptors (Lipinski definition) is 3. The summed E-state index contributed by atoms with van der Waals surface area (Å²) >= 11 is 0. The van der Waals surface area contributed by atoms with Crippen LogP contribution in [0.5, 0.6) is 5.75 Å². The van der Waals surface area contributed by atoms with Crippen molar-refractivity contribution in [1.29, 1.82) is 0 Å². The van der Waals surface area contributed by atoms with Gasteiger partial charge in [0.15, 0.2) is 0 Å². The van der Waals surface area contributed by atoms with E-state index in [4.69, 9.17) is 4.74 Å². The SMILES string of the molecule is COc1ccc(C2=CC3(C=C2c2ccc(S(=O)(=O)C(F)F)cc2)CC3)cc1C(F)(F)F. The highest BCUT2D eigenvalue weighted by Crippen LogP contribution is 2.58. The van der Waals surface area contributed by atoms with Crippen molar-refractivity contribution in [2.24, 2.45) is 5.41 Å². The number of methoxy groups -OCH3 is 1. The Bertz CT molecular complexity index is 1190. The normalized spacial score (nSPS) is 17.6. The maximum atomic E-state index is 13.5. The lowest BCUT2D eigenvalue weighted by Crippen LogP contribution is -2.11. The van der Waals surface area contributed by atoms with Crippen molar-refractivity contribution in [3.63, 3.8) is 0 Å². The highest BCUT2D eigenvalue weighted by molar-refractivity contribution is 7.91. The Hall–Kier alpha value is -2.68. The summed E-state index contributed by atoms with van der Waals surface area (Å²) in [6.07, 6.45) is 0.942. The minimum absolute atomic E-state index is 0.239. The zero-order valence-electron chi connectivity index (χ0n) is 16.2. The van der Waals surface area contributed by atoms with Gasteiger partial charge in [-0.25, -0.2) is 8.42 Å². The summed E-state index contributed by atoms with van der Waals surface area (Å²) in [5, 5.41) is 0. The molecule has 9 heteroatoms. The molecule has 2 aliphatic rings. The third-order valence-electron chi connectivity index (χ3n) is 5.53. The lowest BCUT2D eigenvalue weighted by atomic mass is 9.93. The maximum Gasteiger partial charge on any atom is 0.419 e. The molecular formula is C22H17F5O3S. The molecule has 1 saturated carbocycles. The number of allylic oxidation sites excluding steroid dienone is 4. The second-order valence-corrected chi connectivity index (χ2v) is 9.51. The molecule has 0 heterocycles. The zero-order chi connectivity index (χ0) is 22.6. The molecule has 0 aromatic heterocycles. The second kappa shape index (κ2) is 7.19. The molecular weight excluding hydrogens is 439 g/mol. The van der Waals surface area contributed by atoms with Gasteiger partial charge in [-0.2, -0.15) is 22.0 Å². The Balaban J connectivity index is 1.76. The van der Waals surface area contributed by atoms with Gasteiger partial charge in [0.25, 0.3) is 0 Å². The van der Waals surface area contributed by atoms with Crippen LogP contribution in [0, 0.1) is 5.41 Å². The molecule has 31 heavy (non-hydrogen) atoms. The van der Waals surface area contributed by atoms with Gasteiger partial charge in [0, 0.05) is 5.41 Å². The van der Waals surface area contributed by atoms with Crippen LogP contribution in [0.4, 0.5) is 22.0 Å². The first kappa shape index (κ1) is 21.5. The van der Waals surface area contributed by atoms with Crippen LogP contribution < -0.4 is 4.74 Å². The van der Waals surface area contributed by atoms with E-state index in [1.54, 1.807) is 0 Å². The van der Waals surface area contributed by atoms with Crippen LogP contribution in [0.25, 0.3) is 11.1 Å². The summed E-state index contributed by atoms with van der Waals surface area (Å²) in [6.45, 7) is 0. The third kappa shape index (κ3) is 3.86. The molecule has 0 radical (unpaired) electrons. The Morgan fingerprint density at radius 1 is 0.935 bits per heavy atom. The molecule has 0 amide bonds. The van der Waals surface area contributed by atoms with Crippen LogP contribution in [-0.4, -0.2) is 21.3 Å². The topological polar surface area (TPSA) is 43.4 Å². The predicted octanol–water partition coefficient (Wildman–Crippen LogP) is 5.97. The molecule has 0 saturated heterocycles. The fraction of sp³-hybridized carbons (Fsp3) is 0.273. The Morgan fingerprint density at radius 2 is 1.48 bits per heavy atom. The van der Waals surface area contributed by atoms with Crippen molar-refractivity contribution in [2.45, 2.75) is 29.7 Å². The van der Waals surface area contributed by atoms with Gasteiger partial charge in [0.2, 0.25) is 9.84 Å². The molecule has 1 spiro atoms. The first-order chi connectivity index (χ1) is 14.5. The van der Waals surface area contributed by atoms with E-state index in [2.05, 4.69) is 0 Å². The van der Waals surface area contributed by atoms with Gasteiger partial charge < -0.3 is 4.74 Å². The average molecular weight is 456 g/mol. The Morgan fingerprint density at radius 3 is 1.97 bits per heavy atom. The van der Waals surface area contributed by atoms with Crippen LogP contribution >= 0.6 is 0 Å². The van der Waals surface area contributed by atoms with Crippen LogP contribution in [0.1, 0.15) is 29.5 Å². The number of alkyl halides is 5. The van der Waals surface area contributed by atoms with Gasteiger partial charge in [-0.15, -0.1) is 0 Å². The van der Waals surface area contributed by atoms with Crippen LogP contribution in [0.15, 0.2) is 59.5 Å². The summed E-state index contributed by atoms with van der Waals surface area (Å²) in [6, 6.07) is 8.77. The van der Waals surface area contributed by atoms with Gasteiger partial charge in [0.1, 0.15) is 5.75 Å². The molecule has 2 aromatic carbocycles. The van der Waals surface area contributed by atoms with E-state index >= 15 is 0 Å². The summed E-state index contributed by atoms with van der Waals surface area (Å²) < 4.78 is 94.2. The van der Waals surface area contributed by atoms with Gasteiger partial charge in [-0.1, -0.05) is 30.4 Å². The van der Waals surface area contributed by atoms with Crippen LogP contribution in [0.2, 0.25) is 0 Å². The number of halogens is 5. The first-order valence-corrected chi connectivity index (χ1v) is 10.9. The van der Waals surface area contributed by atoms with E-state index in [1.165, 1.54) is 31.4 Å². The largest absolute Gasteiger partial charge is 0.496 e. The van der Waals surface area contributed by atoms with Crippen molar-refractivity contribution >= 4 is 21.0 Å². The van der Waals surface area contributed by atoms with Crippen molar-refractivity contribution in [1.82, 2.24) is 0 Å². The van der Waals surface area contributed by atoms with E-state index in [1.807, 2.05) is 12.2 Å². The molecule has 2 aliphatic carbocycles.